The van der Waals surface area contributed by atoms with Crippen molar-refractivity contribution in [1.82, 2.24) is 9.55 Å². The zero-order valence-electron chi connectivity index (χ0n) is 18.7. The molecular weight excluding hydrogens is 446 g/mol. The van der Waals surface area contributed by atoms with Gasteiger partial charge < -0.3 is 14.4 Å². The summed E-state index contributed by atoms with van der Waals surface area (Å²) in [5.74, 6) is -0.468. The number of aryl methyl sites for hydroxylation is 1. The summed E-state index contributed by atoms with van der Waals surface area (Å²) < 4.78 is 11.9. The maximum Gasteiger partial charge on any atom is 0.348 e. The molecule has 0 N–H and O–H groups in total. The second-order valence-corrected chi connectivity index (χ2v) is 8.90. The fourth-order valence-corrected chi connectivity index (χ4v) is 4.72. The second kappa shape index (κ2) is 8.78. The molecule has 172 valence electrons. The highest BCUT2D eigenvalue weighted by Gasteiger charge is 2.26. The molecule has 10 heteroatoms. The number of benzene rings is 1. The Morgan fingerprint density at radius 1 is 1.27 bits per heavy atom. The van der Waals surface area contributed by atoms with Crippen LogP contribution in [0, 0.1) is 6.92 Å². The SMILES string of the molecule is CCN1C(=O)COc2ccc(C(=O)Cn3cnc4sc(C(=O)OC(C)C)c(C)c4c3=O)cc21. The van der Waals surface area contributed by atoms with Gasteiger partial charge in [0.1, 0.15) is 15.5 Å². The summed E-state index contributed by atoms with van der Waals surface area (Å²) >= 11 is 1.10. The minimum Gasteiger partial charge on any atom is -0.482 e. The van der Waals surface area contributed by atoms with Gasteiger partial charge in [-0.1, -0.05) is 0 Å². The highest BCUT2D eigenvalue weighted by molar-refractivity contribution is 7.20. The van der Waals surface area contributed by atoms with Crippen LogP contribution in [-0.4, -0.2) is 46.5 Å². The number of ether oxygens (including phenoxy) is 2. The molecule has 0 aliphatic carbocycles. The Morgan fingerprint density at radius 3 is 2.73 bits per heavy atom. The van der Waals surface area contributed by atoms with Crippen LogP contribution < -0.4 is 15.2 Å². The number of ketones is 1. The fourth-order valence-electron chi connectivity index (χ4n) is 3.70. The minimum absolute atomic E-state index is 0.0398. The van der Waals surface area contributed by atoms with Gasteiger partial charge in [0.25, 0.3) is 11.5 Å². The number of esters is 1. The third-order valence-electron chi connectivity index (χ3n) is 5.30. The van der Waals surface area contributed by atoms with Crippen molar-refractivity contribution >= 4 is 44.9 Å². The molecule has 1 aliphatic heterocycles. The Hall–Kier alpha value is -3.53. The van der Waals surface area contributed by atoms with Crippen LogP contribution in [0.1, 0.15) is 46.4 Å². The number of Topliss-reactive ketones (excluding diaryl/α,β-unsaturated/α-hetero) is 1. The van der Waals surface area contributed by atoms with Crippen molar-refractivity contribution in [3.8, 4) is 5.75 Å². The predicted octanol–water partition coefficient (Wildman–Crippen LogP) is 2.96. The molecule has 0 atom stereocenters. The molecule has 3 heterocycles. The first-order valence-electron chi connectivity index (χ1n) is 10.5. The molecule has 0 saturated heterocycles. The van der Waals surface area contributed by atoms with Crippen molar-refractivity contribution in [3.63, 3.8) is 0 Å². The Kier molecular flexibility index (Phi) is 6.03. The van der Waals surface area contributed by atoms with Crippen molar-refractivity contribution in [2.75, 3.05) is 18.1 Å². The van der Waals surface area contributed by atoms with Crippen LogP contribution in [0.15, 0.2) is 29.3 Å². The molecule has 0 spiro atoms. The predicted molar refractivity (Wildman–Crippen MR) is 123 cm³/mol. The third-order valence-corrected chi connectivity index (χ3v) is 6.48. The van der Waals surface area contributed by atoms with Gasteiger partial charge in [0, 0.05) is 12.1 Å². The lowest BCUT2D eigenvalue weighted by atomic mass is 10.1. The van der Waals surface area contributed by atoms with E-state index in [1.54, 1.807) is 43.9 Å². The quantitative estimate of drug-likeness (QED) is 0.403. The highest BCUT2D eigenvalue weighted by atomic mass is 32.1. The van der Waals surface area contributed by atoms with Crippen LogP contribution in [-0.2, 0) is 16.1 Å². The highest BCUT2D eigenvalue weighted by Crippen LogP contribution is 2.33. The van der Waals surface area contributed by atoms with Gasteiger partial charge in [0.05, 0.1) is 30.0 Å². The maximum atomic E-state index is 13.1. The van der Waals surface area contributed by atoms with Gasteiger partial charge in [-0.3, -0.25) is 19.0 Å². The molecule has 2 aromatic heterocycles. The number of rotatable bonds is 6. The number of hydrogen-bond donors (Lipinski definition) is 0. The van der Waals surface area contributed by atoms with Crippen LogP contribution >= 0.6 is 11.3 Å². The molecular formula is C23H23N3O6S. The fraction of sp³-hybridized carbons (Fsp3) is 0.348. The summed E-state index contributed by atoms with van der Waals surface area (Å²) in [6.45, 7) is 7.19. The second-order valence-electron chi connectivity index (χ2n) is 7.90. The first kappa shape index (κ1) is 22.7. The number of likely N-dealkylation sites (N-methyl/N-ethyl adjacent to an activating group) is 1. The van der Waals surface area contributed by atoms with E-state index in [1.165, 1.54) is 10.9 Å². The number of carbonyl (C=O) groups excluding carboxylic acids is 3. The standard InChI is InChI=1S/C23H23N3O6S/c1-5-26-15-8-14(6-7-17(15)31-10-18(26)28)16(27)9-25-11-24-21-19(22(25)29)13(4)20(33-21)23(30)32-12(2)3/h6-8,11-12H,5,9-10H2,1-4H3. The normalized spacial score (nSPS) is 13.2. The number of nitrogens with zero attached hydrogens (tertiary/aromatic N) is 3. The van der Waals surface area contributed by atoms with Crippen LogP contribution in [0.4, 0.5) is 5.69 Å². The third kappa shape index (κ3) is 4.13. The number of anilines is 1. The topological polar surface area (TPSA) is 108 Å². The summed E-state index contributed by atoms with van der Waals surface area (Å²) in [6.07, 6.45) is 1.02. The summed E-state index contributed by atoms with van der Waals surface area (Å²) in [6, 6.07) is 4.86. The number of hydrogen-bond acceptors (Lipinski definition) is 8. The smallest absolute Gasteiger partial charge is 0.348 e. The van der Waals surface area contributed by atoms with E-state index < -0.39 is 11.5 Å². The van der Waals surface area contributed by atoms with Gasteiger partial charge in [0.15, 0.2) is 12.4 Å². The van der Waals surface area contributed by atoms with Gasteiger partial charge in [-0.15, -0.1) is 11.3 Å². The number of carbonyl (C=O) groups is 3. The van der Waals surface area contributed by atoms with E-state index in [4.69, 9.17) is 9.47 Å². The van der Waals surface area contributed by atoms with E-state index >= 15 is 0 Å². The molecule has 0 unspecified atom stereocenters. The first-order valence-corrected chi connectivity index (χ1v) is 11.3. The lowest BCUT2D eigenvalue weighted by Crippen LogP contribution is -2.38. The van der Waals surface area contributed by atoms with Crippen molar-refractivity contribution in [1.29, 1.82) is 0 Å². The molecule has 9 nitrogen and oxygen atoms in total. The summed E-state index contributed by atoms with van der Waals surface area (Å²) in [7, 11) is 0. The van der Waals surface area contributed by atoms with E-state index in [1.807, 2.05) is 6.92 Å². The van der Waals surface area contributed by atoms with Gasteiger partial charge in [-0.2, -0.15) is 0 Å². The van der Waals surface area contributed by atoms with E-state index in [-0.39, 0.29) is 30.9 Å². The van der Waals surface area contributed by atoms with Gasteiger partial charge in [-0.05, 0) is 51.5 Å². The van der Waals surface area contributed by atoms with Crippen LogP contribution in [0.5, 0.6) is 5.75 Å². The van der Waals surface area contributed by atoms with E-state index in [9.17, 15) is 19.2 Å². The average Bonchev–Trinajstić information content (AvgIpc) is 3.12. The molecule has 33 heavy (non-hydrogen) atoms. The summed E-state index contributed by atoms with van der Waals surface area (Å²) in [5.41, 5.74) is 0.962. The molecule has 0 radical (unpaired) electrons. The van der Waals surface area contributed by atoms with Crippen LogP contribution in [0.2, 0.25) is 0 Å². The van der Waals surface area contributed by atoms with Gasteiger partial charge in [-0.25, -0.2) is 9.78 Å². The Balaban J connectivity index is 1.65. The number of thiophene rings is 1. The molecule has 0 saturated carbocycles. The van der Waals surface area contributed by atoms with Crippen LogP contribution in [0.25, 0.3) is 10.2 Å². The zero-order valence-corrected chi connectivity index (χ0v) is 19.5. The van der Waals surface area contributed by atoms with Crippen molar-refractivity contribution < 1.29 is 23.9 Å². The Morgan fingerprint density at radius 2 is 2.03 bits per heavy atom. The Labute approximate surface area is 193 Å². The number of fused-ring (bicyclic) bond motifs is 2. The minimum atomic E-state index is -0.501. The zero-order chi connectivity index (χ0) is 23.9. The van der Waals surface area contributed by atoms with Crippen molar-refractivity contribution in [2.24, 2.45) is 0 Å². The molecule has 4 rings (SSSR count). The lowest BCUT2D eigenvalue weighted by molar-refractivity contribution is -0.121. The number of aromatic nitrogens is 2. The average molecular weight is 470 g/mol. The number of amides is 1. The van der Waals surface area contributed by atoms with Crippen LogP contribution in [0.3, 0.4) is 0 Å². The summed E-state index contributed by atoms with van der Waals surface area (Å²) in [5, 5.41) is 0.299. The van der Waals surface area contributed by atoms with Crippen molar-refractivity contribution in [2.45, 2.75) is 40.3 Å². The summed E-state index contributed by atoms with van der Waals surface area (Å²) in [4.78, 5) is 57.1. The Bertz CT molecular complexity index is 1340. The monoisotopic (exact) mass is 469 g/mol. The van der Waals surface area contributed by atoms with E-state index in [0.29, 0.717) is 44.2 Å². The molecule has 1 amide bonds. The van der Waals surface area contributed by atoms with Gasteiger partial charge in [0.2, 0.25) is 0 Å². The van der Waals surface area contributed by atoms with E-state index in [0.717, 1.165) is 11.3 Å². The molecule has 0 fully saturated rings. The van der Waals surface area contributed by atoms with E-state index in [2.05, 4.69) is 4.98 Å². The maximum absolute atomic E-state index is 13.1. The molecule has 1 aromatic carbocycles. The van der Waals surface area contributed by atoms with Crippen molar-refractivity contribution in [3.05, 3.63) is 50.9 Å². The largest absolute Gasteiger partial charge is 0.482 e. The van der Waals surface area contributed by atoms with Gasteiger partial charge >= 0.3 is 5.97 Å². The molecule has 0 bridgehead atoms. The first-order chi connectivity index (χ1) is 15.7. The molecule has 3 aromatic rings. The molecule has 1 aliphatic rings. The lowest BCUT2D eigenvalue weighted by Gasteiger charge is -2.28.